The fraction of sp³-hybridized carbons (Fsp3) is 0.579. The highest BCUT2D eigenvalue weighted by Crippen LogP contribution is 2.33. The number of nitrogens with zero attached hydrogens (tertiary/aromatic N) is 2. The summed E-state index contributed by atoms with van der Waals surface area (Å²) >= 11 is 2.00. The van der Waals surface area contributed by atoms with Gasteiger partial charge in [-0.15, -0.1) is 0 Å². The molecule has 0 radical (unpaired) electrons. The summed E-state index contributed by atoms with van der Waals surface area (Å²) in [5.74, 6) is 1.36. The smallest absolute Gasteiger partial charge is 0.253 e. The first-order chi connectivity index (χ1) is 11.6. The normalized spacial score (nSPS) is 23.8. The van der Waals surface area contributed by atoms with Crippen molar-refractivity contribution in [1.82, 2.24) is 4.90 Å². The minimum Gasteiger partial charge on any atom is -0.339 e. The number of hydrogen-bond donors (Lipinski definition) is 0. The second-order valence-corrected chi connectivity index (χ2v) is 8.24. The Morgan fingerprint density at radius 2 is 2.21 bits per heavy atom. The lowest BCUT2D eigenvalue weighted by Crippen LogP contribution is -2.35. The molecule has 3 rings (SSSR count). The number of rotatable bonds is 5. The van der Waals surface area contributed by atoms with Gasteiger partial charge in [0.15, 0.2) is 0 Å². The van der Waals surface area contributed by atoms with Gasteiger partial charge in [0.05, 0.1) is 0 Å². The summed E-state index contributed by atoms with van der Waals surface area (Å²) in [7, 11) is 1.92. The van der Waals surface area contributed by atoms with Crippen LogP contribution in [0.3, 0.4) is 0 Å². The molecule has 1 aliphatic carbocycles. The van der Waals surface area contributed by atoms with Crippen LogP contribution >= 0.6 is 11.8 Å². The van der Waals surface area contributed by atoms with Crippen LogP contribution in [0.2, 0.25) is 0 Å². The second kappa shape index (κ2) is 7.60. The van der Waals surface area contributed by atoms with Gasteiger partial charge in [-0.05, 0) is 49.6 Å². The van der Waals surface area contributed by atoms with E-state index in [1.54, 1.807) is 4.90 Å². The van der Waals surface area contributed by atoms with E-state index in [1.165, 1.54) is 6.42 Å². The van der Waals surface area contributed by atoms with Crippen LogP contribution in [0.15, 0.2) is 24.3 Å². The zero-order valence-electron chi connectivity index (χ0n) is 14.5. The number of hydrogen-bond acceptors (Lipinski definition) is 3. The van der Waals surface area contributed by atoms with Crippen molar-refractivity contribution in [3.63, 3.8) is 0 Å². The highest BCUT2D eigenvalue weighted by Gasteiger charge is 2.30. The highest BCUT2D eigenvalue weighted by molar-refractivity contribution is 7.99. The molecule has 1 heterocycles. The van der Waals surface area contributed by atoms with Crippen molar-refractivity contribution in [2.24, 2.45) is 0 Å². The van der Waals surface area contributed by atoms with E-state index < -0.39 is 0 Å². The SMILES string of the molecule is CCS[C@@H]1CC[C@H](N(C)C(=O)c2cccc(N3CCCC3=O)c2)C1. The maximum atomic E-state index is 12.9. The second-order valence-electron chi connectivity index (χ2n) is 6.66. The Hall–Kier alpha value is -1.49. The Morgan fingerprint density at radius 1 is 1.38 bits per heavy atom. The van der Waals surface area contributed by atoms with Gasteiger partial charge < -0.3 is 9.80 Å². The van der Waals surface area contributed by atoms with Crippen LogP contribution in [-0.4, -0.2) is 47.4 Å². The third-order valence-corrected chi connectivity index (χ3v) is 6.34. The number of carbonyl (C=O) groups excluding carboxylic acids is 2. The first-order valence-electron chi connectivity index (χ1n) is 8.89. The number of amides is 2. The van der Waals surface area contributed by atoms with Gasteiger partial charge >= 0.3 is 0 Å². The van der Waals surface area contributed by atoms with Gasteiger partial charge in [-0.3, -0.25) is 9.59 Å². The van der Waals surface area contributed by atoms with Gasteiger partial charge in [0.25, 0.3) is 5.91 Å². The highest BCUT2D eigenvalue weighted by atomic mass is 32.2. The van der Waals surface area contributed by atoms with E-state index in [0.717, 1.165) is 37.2 Å². The monoisotopic (exact) mass is 346 g/mol. The molecule has 2 fully saturated rings. The minimum absolute atomic E-state index is 0.0654. The molecule has 1 aliphatic heterocycles. The largest absolute Gasteiger partial charge is 0.339 e. The average Bonchev–Trinajstić information content (AvgIpc) is 3.23. The van der Waals surface area contributed by atoms with Crippen LogP contribution in [0.25, 0.3) is 0 Å². The fourth-order valence-electron chi connectivity index (χ4n) is 3.75. The maximum absolute atomic E-state index is 12.9. The lowest BCUT2D eigenvalue weighted by molar-refractivity contribution is -0.117. The van der Waals surface area contributed by atoms with E-state index in [2.05, 4.69) is 6.92 Å². The van der Waals surface area contributed by atoms with Crippen LogP contribution in [-0.2, 0) is 4.79 Å². The Balaban J connectivity index is 1.69. The van der Waals surface area contributed by atoms with Crippen LogP contribution < -0.4 is 4.90 Å². The molecule has 0 N–H and O–H groups in total. The van der Waals surface area contributed by atoms with Gasteiger partial charge in [-0.25, -0.2) is 0 Å². The Morgan fingerprint density at radius 3 is 2.92 bits per heavy atom. The van der Waals surface area contributed by atoms with Crippen molar-refractivity contribution < 1.29 is 9.59 Å². The molecular formula is C19H26N2O2S. The number of anilines is 1. The van der Waals surface area contributed by atoms with Crippen molar-refractivity contribution >= 4 is 29.3 Å². The molecule has 0 spiro atoms. The zero-order valence-corrected chi connectivity index (χ0v) is 15.3. The summed E-state index contributed by atoms with van der Waals surface area (Å²) in [5, 5.41) is 0.684. The Bertz CT molecular complexity index is 619. The predicted octanol–water partition coefficient (Wildman–Crippen LogP) is 3.56. The Labute approximate surface area is 148 Å². The fourth-order valence-corrected chi connectivity index (χ4v) is 4.89. The molecule has 130 valence electrons. The molecule has 2 aliphatic rings. The summed E-state index contributed by atoms with van der Waals surface area (Å²) in [5.41, 5.74) is 1.53. The van der Waals surface area contributed by atoms with Crippen molar-refractivity contribution in [1.29, 1.82) is 0 Å². The summed E-state index contributed by atoms with van der Waals surface area (Å²) in [6, 6.07) is 7.86. The molecule has 1 saturated heterocycles. The molecule has 1 aromatic rings. The van der Waals surface area contributed by atoms with Crippen molar-refractivity contribution in [2.45, 2.75) is 50.3 Å². The topological polar surface area (TPSA) is 40.6 Å². The Kier molecular flexibility index (Phi) is 5.49. The lowest BCUT2D eigenvalue weighted by atomic mass is 10.1. The minimum atomic E-state index is 0.0654. The molecule has 5 heteroatoms. The van der Waals surface area contributed by atoms with E-state index in [0.29, 0.717) is 23.3 Å². The summed E-state index contributed by atoms with van der Waals surface area (Å²) < 4.78 is 0. The van der Waals surface area contributed by atoms with E-state index in [9.17, 15) is 9.59 Å². The van der Waals surface area contributed by atoms with Crippen molar-refractivity contribution in [3.8, 4) is 0 Å². The summed E-state index contributed by atoms with van der Waals surface area (Å²) in [4.78, 5) is 28.5. The van der Waals surface area contributed by atoms with Crippen molar-refractivity contribution in [2.75, 3.05) is 24.2 Å². The van der Waals surface area contributed by atoms with Crippen LogP contribution in [0.1, 0.15) is 49.4 Å². The van der Waals surface area contributed by atoms with E-state index >= 15 is 0 Å². The van der Waals surface area contributed by atoms with E-state index in [4.69, 9.17) is 0 Å². The molecular weight excluding hydrogens is 320 g/mol. The average molecular weight is 346 g/mol. The third-order valence-electron chi connectivity index (χ3n) is 5.11. The first kappa shape index (κ1) is 17.3. The summed E-state index contributed by atoms with van der Waals surface area (Å²) in [6.45, 7) is 2.95. The molecule has 1 saturated carbocycles. The quantitative estimate of drug-likeness (QED) is 0.818. The van der Waals surface area contributed by atoms with E-state index in [1.807, 2.05) is 48.0 Å². The number of carbonyl (C=O) groups is 2. The lowest BCUT2D eigenvalue weighted by Gasteiger charge is -2.25. The molecule has 24 heavy (non-hydrogen) atoms. The molecule has 0 bridgehead atoms. The number of thioether (sulfide) groups is 1. The molecule has 0 unspecified atom stereocenters. The number of benzene rings is 1. The zero-order chi connectivity index (χ0) is 17.1. The van der Waals surface area contributed by atoms with Gasteiger partial charge in [0.1, 0.15) is 0 Å². The molecule has 4 nitrogen and oxygen atoms in total. The summed E-state index contributed by atoms with van der Waals surface area (Å²) in [6.07, 6.45) is 4.88. The van der Waals surface area contributed by atoms with E-state index in [-0.39, 0.29) is 11.8 Å². The van der Waals surface area contributed by atoms with Crippen LogP contribution in [0.4, 0.5) is 5.69 Å². The van der Waals surface area contributed by atoms with Crippen LogP contribution in [0, 0.1) is 0 Å². The van der Waals surface area contributed by atoms with Gasteiger partial charge in [0.2, 0.25) is 5.91 Å². The predicted molar refractivity (Wildman–Crippen MR) is 99.7 cm³/mol. The standard InChI is InChI=1S/C19H26N2O2S/c1-3-24-17-10-9-15(13-17)20(2)19(23)14-6-4-7-16(12-14)21-11-5-8-18(21)22/h4,6-7,12,15,17H,3,5,8-11,13H2,1-2H3/t15-,17+/m0/s1. The van der Waals surface area contributed by atoms with Gasteiger partial charge in [-0.1, -0.05) is 13.0 Å². The molecule has 0 aromatic heterocycles. The maximum Gasteiger partial charge on any atom is 0.253 e. The van der Waals surface area contributed by atoms with Gasteiger partial charge in [-0.2, -0.15) is 11.8 Å². The first-order valence-corrected chi connectivity index (χ1v) is 9.94. The molecule has 2 atom stereocenters. The third kappa shape index (κ3) is 3.61. The van der Waals surface area contributed by atoms with Crippen molar-refractivity contribution in [3.05, 3.63) is 29.8 Å². The van der Waals surface area contributed by atoms with Crippen LogP contribution in [0.5, 0.6) is 0 Å². The molecule has 2 amide bonds. The molecule has 1 aromatic carbocycles. The van der Waals surface area contributed by atoms with Gasteiger partial charge in [0, 0.05) is 42.6 Å².